The molecule has 0 aliphatic rings. The van der Waals surface area contributed by atoms with Crippen LogP contribution in [0.2, 0.25) is 0 Å². The van der Waals surface area contributed by atoms with Gasteiger partial charge in [-0.2, -0.15) is 0 Å². The average molecular weight is 528 g/mol. The van der Waals surface area contributed by atoms with E-state index in [0.717, 1.165) is 40.0 Å². The lowest BCUT2D eigenvalue weighted by Crippen LogP contribution is -2.03. The molecule has 0 aliphatic carbocycles. The molecule has 1 N–H and O–H groups in total. The first-order chi connectivity index (χ1) is 19.6. The van der Waals surface area contributed by atoms with E-state index >= 15 is 0 Å². The Morgan fingerprint density at radius 1 is 0.850 bits per heavy atom. The SMILES string of the molecule is CCc1c(C)c(C)cc2c(Nc3ccc(Oc4ccnc5cc(OC)cnc45)cc3)nnc(-c3ccccc3)c12. The Morgan fingerprint density at radius 3 is 2.40 bits per heavy atom. The van der Waals surface area contributed by atoms with E-state index < -0.39 is 0 Å². The van der Waals surface area contributed by atoms with Gasteiger partial charge in [0, 0.05) is 40.4 Å². The van der Waals surface area contributed by atoms with Crippen molar-refractivity contribution in [3.63, 3.8) is 0 Å². The lowest BCUT2D eigenvalue weighted by molar-refractivity contribution is 0.413. The number of anilines is 2. The summed E-state index contributed by atoms with van der Waals surface area (Å²) in [6.45, 7) is 6.53. The number of nitrogens with zero attached hydrogens (tertiary/aromatic N) is 4. The van der Waals surface area contributed by atoms with Gasteiger partial charge in [0.25, 0.3) is 0 Å². The molecule has 0 radical (unpaired) electrons. The number of hydrogen-bond acceptors (Lipinski definition) is 7. The molecule has 6 aromatic rings. The number of rotatable bonds is 7. The molecule has 0 bridgehead atoms. The minimum atomic E-state index is 0.625. The molecular formula is C33H29N5O2. The van der Waals surface area contributed by atoms with E-state index in [9.17, 15) is 0 Å². The first-order valence-corrected chi connectivity index (χ1v) is 13.2. The summed E-state index contributed by atoms with van der Waals surface area (Å²) >= 11 is 0. The number of nitrogens with one attached hydrogen (secondary N) is 1. The Bertz CT molecular complexity index is 1840. The van der Waals surface area contributed by atoms with Crippen LogP contribution in [0.5, 0.6) is 17.2 Å². The average Bonchev–Trinajstić information content (AvgIpc) is 2.99. The minimum absolute atomic E-state index is 0.625. The van der Waals surface area contributed by atoms with Crippen molar-refractivity contribution in [2.24, 2.45) is 0 Å². The Balaban J connectivity index is 1.34. The van der Waals surface area contributed by atoms with Crippen LogP contribution in [0.1, 0.15) is 23.6 Å². The number of methoxy groups -OCH3 is 1. The molecule has 0 fully saturated rings. The van der Waals surface area contributed by atoms with Gasteiger partial charge in [-0.3, -0.25) is 4.98 Å². The zero-order valence-corrected chi connectivity index (χ0v) is 22.9. The van der Waals surface area contributed by atoms with E-state index in [1.807, 2.05) is 48.5 Å². The monoisotopic (exact) mass is 527 g/mol. The summed E-state index contributed by atoms with van der Waals surface area (Å²) in [7, 11) is 1.61. The molecular weight excluding hydrogens is 498 g/mol. The van der Waals surface area contributed by atoms with Gasteiger partial charge in [-0.1, -0.05) is 37.3 Å². The van der Waals surface area contributed by atoms with Crippen LogP contribution < -0.4 is 14.8 Å². The molecule has 0 unspecified atom stereocenters. The number of fused-ring (bicyclic) bond motifs is 2. The van der Waals surface area contributed by atoms with Gasteiger partial charge in [-0.15, -0.1) is 10.2 Å². The zero-order chi connectivity index (χ0) is 27.6. The van der Waals surface area contributed by atoms with E-state index in [1.165, 1.54) is 16.7 Å². The summed E-state index contributed by atoms with van der Waals surface area (Å²) in [4.78, 5) is 8.85. The molecule has 3 aromatic heterocycles. The quantitative estimate of drug-likeness (QED) is 0.225. The molecule has 0 spiro atoms. The fourth-order valence-corrected chi connectivity index (χ4v) is 5.03. The summed E-state index contributed by atoms with van der Waals surface area (Å²) in [6.07, 6.45) is 4.27. The van der Waals surface area contributed by atoms with Crippen molar-refractivity contribution in [1.29, 1.82) is 0 Å². The van der Waals surface area contributed by atoms with Gasteiger partial charge in [-0.25, -0.2) is 4.98 Å². The van der Waals surface area contributed by atoms with Crippen LogP contribution in [0.15, 0.2) is 85.2 Å². The second kappa shape index (κ2) is 10.6. The third-order valence-corrected chi connectivity index (χ3v) is 7.21. The number of aryl methyl sites for hydroxylation is 2. The first kappa shape index (κ1) is 25.2. The largest absolute Gasteiger partial charge is 0.495 e. The highest BCUT2D eigenvalue weighted by Crippen LogP contribution is 2.37. The van der Waals surface area contributed by atoms with Gasteiger partial charge in [0.15, 0.2) is 11.6 Å². The van der Waals surface area contributed by atoms with E-state index in [0.29, 0.717) is 28.3 Å². The van der Waals surface area contributed by atoms with E-state index in [2.05, 4.69) is 59.4 Å². The third kappa shape index (κ3) is 4.66. The van der Waals surface area contributed by atoms with Gasteiger partial charge < -0.3 is 14.8 Å². The molecule has 7 nitrogen and oxygen atoms in total. The third-order valence-electron chi connectivity index (χ3n) is 7.21. The zero-order valence-electron chi connectivity index (χ0n) is 22.9. The predicted molar refractivity (Wildman–Crippen MR) is 160 cm³/mol. The highest BCUT2D eigenvalue weighted by atomic mass is 16.5. The summed E-state index contributed by atoms with van der Waals surface area (Å²) in [6, 6.07) is 23.9. The van der Waals surface area contributed by atoms with Gasteiger partial charge in [0.05, 0.1) is 18.8 Å². The van der Waals surface area contributed by atoms with Crippen molar-refractivity contribution in [2.45, 2.75) is 27.2 Å². The van der Waals surface area contributed by atoms with Crippen LogP contribution in [-0.4, -0.2) is 27.3 Å². The maximum Gasteiger partial charge on any atom is 0.161 e. The molecule has 0 saturated heterocycles. The number of hydrogen-bond donors (Lipinski definition) is 1. The molecule has 0 aliphatic heterocycles. The van der Waals surface area contributed by atoms with Gasteiger partial charge in [0.1, 0.15) is 22.7 Å². The minimum Gasteiger partial charge on any atom is -0.495 e. The van der Waals surface area contributed by atoms with Crippen LogP contribution in [-0.2, 0) is 6.42 Å². The van der Waals surface area contributed by atoms with Crippen LogP contribution in [0.4, 0.5) is 11.5 Å². The van der Waals surface area contributed by atoms with Crippen molar-refractivity contribution in [3.05, 3.63) is 102 Å². The van der Waals surface area contributed by atoms with Crippen LogP contribution >= 0.6 is 0 Å². The fourth-order valence-electron chi connectivity index (χ4n) is 5.03. The Morgan fingerprint density at radius 2 is 1.65 bits per heavy atom. The molecule has 198 valence electrons. The van der Waals surface area contributed by atoms with Crippen molar-refractivity contribution in [3.8, 4) is 28.5 Å². The Labute approximate surface area is 232 Å². The molecule has 6 rings (SSSR count). The van der Waals surface area contributed by atoms with E-state index in [-0.39, 0.29) is 0 Å². The smallest absolute Gasteiger partial charge is 0.161 e. The number of ether oxygens (including phenoxy) is 2. The highest BCUT2D eigenvalue weighted by molar-refractivity contribution is 6.04. The van der Waals surface area contributed by atoms with Crippen molar-refractivity contribution < 1.29 is 9.47 Å². The highest BCUT2D eigenvalue weighted by Gasteiger charge is 2.17. The maximum absolute atomic E-state index is 6.17. The van der Waals surface area contributed by atoms with Crippen LogP contribution in [0, 0.1) is 13.8 Å². The normalized spacial score (nSPS) is 11.1. The standard InChI is InChI=1S/C33H29N5O2/c1-5-26-21(3)20(2)17-27-30(26)31(22-9-7-6-8-10-22)37-38-33(27)36-23-11-13-24(14-12-23)40-29-15-16-34-28-18-25(39-4)19-35-32(28)29/h6-19H,5H2,1-4H3,(H,36,38). The first-order valence-electron chi connectivity index (χ1n) is 13.2. The second-order valence-corrected chi connectivity index (χ2v) is 9.64. The van der Waals surface area contributed by atoms with Crippen molar-refractivity contribution in [2.75, 3.05) is 12.4 Å². The topological polar surface area (TPSA) is 82.0 Å². The molecule has 0 amide bonds. The summed E-state index contributed by atoms with van der Waals surface area (Å²) in [5.74, 6) is 2.68. The summed E-state index contributed by atoms with van der Waals surface area (Å²) in [5, 5.41) is 15.0. The van der Waals surface area contributed by atoms with E-state index in [1.54, 1.807) is 25.6 Å². The lowest BCUT2D eigenvalue weighted by Gasteiger charge is -2.17. The fraction of sp³-hybridized carbons (Fsp3) is 0.152. The van der Waals surface area contributed by atoms with E-state index in [4.69, 9.17) is 14.6 Å². The van der Waals surface area contributed by atoms with Crippen molar-refractivity contribution >= 4 is 33.3 Å². The van der Waals surface area contributed by atoms with Crippen LogP contribution in [0.25, 0.3) is 33.1 Å². The predicted octanol–water partition coefficient (Wildman–Crippen LogP) is 7.96. The summed E-state index contributed by atoms with van der Waals surface area (Å²) < 4.78 is 11.4. The van der Waals surface area contributed by atoms with Crippen LogP contribution in [0.3, 0.4) is 0 Å². The van der Waals surface area contributed by atoms with Crippen molar-refractivity contribution in [1.82, 2.24) is 20.2 Å². The summed E-state index contributed by atoms with van der Waals surface area (Å²) in [5.41, 5.74) is 8.05. The number of benzene rings is 3. The maximum atomic E-state index is 6.17. The lowest BCUT2D eigenvalue weighted by atomic mass is 9.92. The van der Waals surface area contributed by atoms with Gasteiger partial charge >= 0.3 is 0 Å². The molecule has 0 saturated carbocycles. The Kier molecular flexibility index (Phi) is 6.70. The molecule has 3 aromatic carbocycles. The van der Waals surface area contributed by atoms with Gasteiger partial charge in [-0.05, 0) is 67.3 Å². The number of aromatic nitrogens is 4. The molecule has 0 atom stereocenters. The van der Waals surface area contributed by atoms with Gasteiger partial charge in [0.2, 0.25) is 0 Å². The molecule has 40 heavy (non-hydrogen) atoms. The molecule has 3 heterocycles. The Hall–Kier alpha value is -5.04. The number of pyridine rings is 2. The molecule has 7 heteroatoms. The second-order valence-electron chi connectivity index (χ2n) is 9.64.